The zero-order valence-corrected chi connectivity index (χ0v) is 14.8. The van der Waals surface area contributed by atoms with Crippen molar-refractivity contribution in [2.45, 2.75) is 26.3 Å². The Balaban J connectivity index is 1.80. The molecule has 1 N–H and O–H groups in total. The van der Waals surface area contributed by atoms with Gasteiger partial charge in [-0.25, -0.2) is 9.97 Å². The Morgan fingerprint density at radius 1 is 1.33 bits per heavy atom. The molecule has 0 unspecified atom stereocenters. The van der Waals surface area contributed by atoms with E-state index in [1.54, 1.807) is 13.3 Å². The maximum Gasteiger partial charge on any atom is 0.223 e. The van der Waals surface area contributed by atoms with Crippen LogP contribution in [0, 0.1) is 0 Å². The van der Waals surface area contributed by atoms with Crippen molar-refractivity contribution in [2.24, 2.45) is 7.05 Å². The molecule has 1 aromatic carbocycles. The zero-order valence-electron chi connectivity index (χ0n) is 14.0. The first-order valence-electron chi connectivity index (χ1n) is 7.87. The highest BCUT2D eigenvalue weighted by Gasteiger charge is 2.11. The molecule has 6 nitrogen and oxygen atoms in total. The van der Waals surface area contributed by atoms with Gasteiger partial charge < -0.3 is 10.1 Å². The maximum absolute atomic E-state index is 6.15. The first-order valence-corrected chi connectivity index (χ1v) is 8.25. The molecule has 7 heteroatoms. The Bertz CT molecular complexity index is 862. The average Bonchev–Trinajstić information content (AvgIpc) is 2.89. The van der Waals surface area contributed by atoms with Crippen LogP contribution in [0.1, 0.15) is 24.6 Å². The van der Waals surface area contributed by atoms with Crippen molar-refractivity contribution in [1.82, 2.24) is 19.7 Å². The summed E-state index contributed by atoms with van der Waals surface area (Å²) in [6.45, 7) is 2.72. The van der Waals surface area contributed by atoms with Gasteiger partial charge in [0.25, 0.3) is 0 Å². The van der Waals surface area contributed by atoms with E-state index in [1.807, 2.05) is 29.9 Å². The number of anilines is 1. The van der Waals surface area contributed by atoms with Gasteiger partial charge in [0.1, 0.15) is 16.8 Å². The summed E-state index contributed by atoms with van der Waals surface area (Å²) in [6.07, 6.45) is 3.74. The lowest BCUT2D eigenvalue weighted by atomic mass is 10.2. The number of rotatable bonds is 6. The monoisotopic (exact) mass is 345 g/mol. The zero-order chi connectivity index (χ0) is 17.1. The third-order valence-electron chi connectivity index (χ3n) is 3.82. The molecule has 0 spiro atoms. The van der Waals surface area contributed by atoms with E-state index in [-0.39, 0.29) is 0 Å². The molecule has 0 atom stereocenters. The third-order valence-corrected chi connectivity index (χ3v) is 4.11. The van der Waals surface area contributed by atoms with E-state index in [1.165, 1.54) is 0 Å². The lowest BCUT2D eigenvalue weighted by Crippen LogP contribution is -2.04. The summed E-state index contributed by atoms with van der Waals surface area (Å²) >= 11 is 6.15. The SMILES string of the molecule is CCCc1nn(C)c2cnc(NCc3ccc(OC)c(Cl)c3)nc12. The van der Waals surface area contributed by atoms with Crippen LogP contribution in [0.2, 0.25) is 5.02 Å². The molecule has 3 aromatic rings. The highest BCUT2D eigenvalue weighted by Crippen LogP contribution is 2.25. The minimum Gasteiger partial charge on any atom is -0.495 e. The van der Waals surface area contributed by atoms with Gasteiger partial charge in [-0.15, -0.1) is 0 Å². The Kier molecular flexibility index (Phi) is 4.85. The molecule has 0 radical (unpaired) electrons. The summed E-state index contributed by atoms with van der Waals surface area (Å²) in [5, 5.41) is 8.35. The van der Waals surface area contributed by atoms with Crippen molar-refractivity contribution in [2.75, 3.05) is 12.4 Å². The van der Waals surface area contributed by atoms with Gasteiger partial charge in [-0.3, -0.25) is 4.68 Å². The molecule has 24 heavy (non-hydrogen) atoms. The number of hydrogen-bond donors (Lipinski definition) is 1. The van der Waals surface area contributed by atoms with Gasteiger partial charge in [0.05, 0.1) is 24.0 Å². The standard InChI is InChI=1S/C17H20ClN5O/c1-4-5-13-16-14(23(2)22-13)10-20-17(21-16)19-9-11-6-7-15(24-3)12(18)8-11/h6-8,10H,4-5,9H2,1-3H3,(H,19,20,21). The van der Waals surface area contributed by atoms with Gasteiger partial charge in [-0.05, 0) is 24.1 Å². The number of aromatic nitrogens is 4. The molecule has 0 aliphatic carbocycles. The highest BCUT2D eigenvalue weighted by molar-refractivity contribution is 6.32. The predicted octanol–water partition coefficient (Wildman–Crippen LogP) is 3.59. The second-order valence-corrected chi connectivity index (χ2v) is 5.98. The van der Waals surface area contributed by atoms with Gasteiger partial charge in [0.15, 0.2) is 0 Å². The van der Waals surface area contributed by atoms with Crippen LogP contribution < -0.4 is 10.1 Å². The Morgan fingerprint density at radius 3 is 2.88 bits per heavy atom. The fraction of sp³-hybridized carbons (Fsp3) is 0.353. The van der Waals surface area contributed by atoms with E-state index < -0.39 is 0 Å². The summed E-state index contributed by atoms with van der Waals surface area (Å²) in [6, 6.07) is 5.69. The van der Waals surface area contributed by atoms with Crippen LogP contribution in [0.15, 0.2) is 24.4 Å². The molecule has 0 aliphatic rings. The Morgan fingerprint density at radius 2 is 2.17 bits per heavy atom. The number of fused-ring (bicyclic) bond motifs is 1. The molecular formula is C17H20ClN5O. The Hall–Kier alpha value is -2.34. The number of ether oxygens (including phenoxy) is 1. The van der Waals surface area contributed by atoms with Gasteiger partial charge in [0.2, 0.25) is 5.95 Å². The van der Waals surface area contributed by atoms with Crippen molar-refractivity contribution >= 4 is 28.6 Å². The molecular weight excluding hydrogens is 326 g/mol. The van der Waals surface area contributed by atoms with Crippen molar-refractivity contribution < 1.29 is 4.74 Å². The summed E-state index contributed by atoms with van der Waals surface area (Å²) in [5.74, 6) is 1.25. The fourth-order valence-corrected chi connectivity index (χ4v) is 2.88. The number of aryl methyl sites for hydroxylation is 2. The molecule has 126 valence electrons. The van der Waals surface area contributed by atoms with Crippen LogP contribution in [-0.4, -0.2) is 26.9 Å². The van der Waals surface area contributed by atoms with Crippen LogP contribution >= 0.6 is 11.6 Å². The first-order chi connectivity index (χ1) is 11.6. The van der Waals surface area contributed by atoms with Crippen LogP contribution in [0.3, 0.4) is 0 Å². The van der Waals surface area contributed by atoms with E-state index >= 15 is 0 Å². The predicted molar refractivity (Wildman–Crippen MR) is 95.6 cm³/mol. The van der Waals surface area contributed by atoms with Crippen LogP contribution in [0.5, 0.6) is 5.75 Å². The second-order valence-electron chi connectivity index (χ2n) is 5.57. The maximum atomic E-state index is 6.15. The summed E-state index contributed by atoms with van der Waals surface area (Å²) in [5.41, 5.74) is 3.89. The van der Waals surface area contributed by atoms with E-state index in [0.717, 1.165) is 35.1 Å². The van der Waals surface area contributed by atoms with E-state index in [0.29, 0.717) is 23.3 Å². The molecule has 0 aliphatic heterocycles. The van der Waals surface area contributed by atoms with Gasteiger partial charge in [-0.2, -0.15) is 5.10 Å². The minimum atomic E-state index is 0.582. The summed E-state index contributed by atoms with van der Waals surface area (Å²) < 4.78 is 6.99. The number of methoxy groups -OCH3 is 1. The van der Waals surface area contributed by atoms with Crippen molar-refractivity contribution in [3.8, 4) is 5.75 Å². The lowest BCUT2D eigenvalue weighted by molar-refractivity contribution is 0.415. The summed E-state index contributed by atoms with van der Waals surface area (Å²) in [7, 11) is 3.52. The van der Waals surface area contributed by atoms with Crippen LogP contribution in [0.4, 0.5) is 5.95 Å². The van der Waals surface area contributed by atoms with Crippen molar-refractivity contribution in [1.29, 1.82) is 0 Å². The number of benzene rings is 1. The van der Waals surface area contributed by atoms with Crippen LogP contribution in [0.25, 0.3) is 11.0 Å². The normalized spacial score (nSPS) is 11.0. The number of halogens is 1. The van der Waals surface area contributed by atoms with E-state index in [2.05, 4.69) is 27.3 Å². The van der Waals surface area contributed by atoms with E-state index in [9.17, 15) is 0 Å². The topological polar surface area (TPSA) is 64.9 Å². The van der Waals surface area contributed by atoms with Gasteiger partial charge >= 0.3 is 0 Å². The number of nitrogens with zero attached hydrogens (tertiary/aromatic N) is 4. The molecule has 0 bridgehead atoms. The Labute approximate surface area is 145 Å². The highest BCUT2D eigenvalue weighted by atomic mass is 35.5. The van der Waals surface area contributed by atoms with Gasteiger partial charge in [0, 0.05) is 13.6 Å². The molecule has 0 fully saturated rings. The molecule has 0 saturated heterocycles. The number of nitrogens with one attached hydrogen (secondary N) is 1. The third kappa shape index (κ3) is 3.28. The van der Waals surface area contributed by atoms with E-state index in [4.69, 9.17) is 16.3 Å². The van der Waals surface area contributed by atoms with Crippen molar-refractivity contribution in [3.05, 3.63) is 40.7 Å². The molecule has 3 rings (SSSR count). The lowest BCUT2D eigenvalue weighted by Gasteiger charge is -2.08. The molecule has 2 heterocycles. The smallest absolute Gasteiger partial charge is 0.223 e. The fourth-order valence-electron chi connectivity index (χ4n) is 2.60. The quantitative estimate of drug-likeness (QED) is 0.739. The first kappa shape index (κ1) is 16.5. The largest absolute Gasteiger partial charge is 0.495 e. The molecule has 2 aromatic heterocycles. The second kappa shape index (κ2) is 7.05. The molecule has 0 amide bonds. The molecule has 0 saturated carbocycles. The minimum absolute atomic E-state index is 0.582. The van der Waals surface area contributed by atoms with Crippen LogP contribution in [-0.2, 0) is 20.0 Å². The van der Waals surface area contributed by atoms with Gasteiger partial charge in [-0.1, -0.05) is 31.0 Å². The average molecular weight is 346 g/mol. The number of hydrogen-bond acceptors (Lipinski definition) is 5. The summed E-state index contributed by atoms with van der Waals surface area (Å²) in [4.78, 5) is 8.99. The van der Waals surface area contributed by atoms with Crippen molar-refractivity contribution in [3.63, 3.8) is 0 Å².